The van der Waals surface area contributed by atoms with Gasteiger partial charge in [0.25, 0.3) is 0 Å². The van der Waals surface area contributed by atoms with Crippen molar-refractivity contribution < 1.29 is 0 Å². The molecule has 66 valence electrons. The highest BCUT2D eigenvalue weighted by molar-refractivity contribution is 14.1. The molecule has 0 amide bonds. The molecule has 1 atom stereocenters. The minimum atomic E-state index is 0.585. The summed E-state index contributed by atoms with van der Waals surface area (Å²) in [5.74, 6) is 0.585. The molecule has 0 radical (unpaired) electrons. The van der Waals surface area contributed by atoms with E-state index in [-0.39, 0.29) is 0 Å². The van der Waals surface area contributed by atoms with Gasteiger partial charge >= 0.3 is 0 Å². The summed E-state index contributed by atoms with van der Waals surface area (Å²) in [6.07, 6.45) is 9.87. The number of hydrogen-bond donors (Lipinski definition) is 0. The van der Waals surface area contributed by atoms with Crippen molar-refractivity contribution in [2.24, 2.45) is 0 Å². The molecule has 0 fully saturated rings. The van der Waals surface area contributed by atoms with Gasteiger partial charge in [0.2, 0.25) is 0 Å². The first-order chi connectivity index (χ1) is 6.36. The highest BCUT2D eigenvalue weighted by Crippen LogP contribution is 2.24. The van der Waals surface area contributed by atoms with Crippen LogP contribution < -0.4 is 0 Å². The highest BCUT2D eigenvalue weighted by atomic mass is 127. The zero-order chi connectivity index (χ0) is 9.10. The first-order valence-corrected chi connectivity index (χ1v) is 5.53. The van der Waals surface area contributed by atoms with Crippen molar-refractivity contribution in [3.63, 3.8) is 0 Å². The predicted molar refractivity (Wildman–Crippen MR) is 64.8 cm³/mol. The van der Waals surface area contributed by atoms with Crippen LogP contribution in [0.25, 0.3) is 0 Å². The van der Waals surface area contributed by atoms with E-state index in [1.807, 2.05) is 0 Å². The molecule has 1 aromatic rings. The molecule has 1 heteroatoms. The lowest BCUT2D eigenvalue weighted by atomic mass is 9.93. The number of hydrogen-bond acceptors (Lipinski definition) is 0. The molecule has 2 rings (SSSR count). The Kier molecular flexibility index (Phi) is 2.83. The highest BCUT2D eigenvalue weighted by Gasteiger charge is 2.06. The van der Waals surface area contributed by atoms with Crippen LogP contribution in [0.3, 0.4) is 0 Å². The molecule has 1 aliphatic carbocycles. The molecule has 13 heavy (non-hydrogen) atoms. The number of halogens is 1. The van der Waals surface area contributed by atoms with Crippen LogP contribution in [0.1, 0.15) is 17.9 Å². The van der Waals surface area contributed by atoms with Gasteiger partial charge in [0, 0.05) is 9.49 Å². The lowest BCUT2D eigenvalue weighted by molar-refractivity contribution is 0.853. The summed E-state index contributed by atoms with van der Waals surface area (Å²) < 4.78 is 1.30. The molecular weight excluding hydrogens is 271 g/mol. The quantitative estimate of drug-likeness (QED) is 0.685. The van der Waals surface area contributed by atoms with Gasteiger partial charge in [0.15, 0.2) is 0 Å². The van der Waals surface area contributed by atoms with Crippen molar-refractivity contribution in [3.05, 3.63) is 57.7 Å². The summed E-state index contributed by atoms with van der Waals surface area (Å²) in [5.41, 5.74) is 1.42. The van der Waals surface area contributed by atoms with Crippen LogP contribution in [0.2, 0.25) is 0 Å². The molecular formula is C12H11I. The predicted octanol–water partition coefficient (Wildman–Crippen LogP) is 3.89. The van der Waals surface area contributed by atoms with Crippen LogP contribution in [-0.2, 0) is 0 Å². The molecule has 0 heterocycles. The van der Waals surface area contributed by atoms with Crippen LogP contribution in [0.4, 0.5) is 0 Å². The normalized spacial score (nSPS) is 20.5. The maximum absolute atomic E-state index is 2.34. The van der Waals surface area contributed by atoms with Crippen molar-refractivity contribution in [1.82, 2.24) is 0 Å². The molecule has 0 saturated carbocycles. The van der Waals surface area contributed by atoms with Crippen molar-refractivity contribution in [2.75, 3.05) is 0 Å². The van der Waals surface area contributed by atoms with Crippen LogP contribution in [0, 0.1) is 3.57 Å². The van der Waals surface area contributed by atoms with Gasteiger partial charge < -0.3 is 0 Å². The van der Waals surface area contributed by atoms with E-state index in [0.29, 0.717) is 5.92 Å². The standard InChI is InChI=1S/C12H11I/c13-12-8-6-11(7-9-12)10-4-2-1-3-5-10/h1-4,6-10H,5H2/t10-/m0/s1. The first-order valence-electron chi connectivity index (χ1n) is 4.45. The average Bonchev–Trinajstić information content (AvgIpc) is 2.20. The van der Waals surface area contributed by atoms with E-state index in [0.717, 1.165) is 6.42 Å². The molecule has 0 aromatic heterocycles. The van der Waals surface area contributed by atoms with E-state index < -0.39 is 0 Å². The van der Waals surface area contributed by atoms with E-state index in [2.05, 4.69) is 71.2 Å². The largest absolute Gasteiger partial charge is 0.0836 e. The van der Waals surface area contributed by atoms with Gasteiger partial charge in [-0.3, -0.25) is 0 Å². The Morgan fingerprint density at radius 1 is 1.08 bits per heavy atom. The molecule has 0 unspecified atom stereocenters. The summed E-state index contributed by atoms with van der Waals surface area (Å²) >= 11 is 2.34. The fourth-order valence-corrected chi connectivity index (χ4v) is 1.90. The molecule has 0 bridgehead atoms. The molecule has 0 saturated heterocycles. The second-order valence-electron chi connectivity index (χ2n) is 3.21. The van der Waals surface area contributed by atoms with Crippen molar-refractivity contribution in [1.29, 1.82) is 0 Å². The van der Waals surface area contributed by atoms with Crippen molar-refractivity contribution >= 4 is 22.6 Å². The molecule has 0 nitrogen and oxygen atoms in total. The van der Waals surface area contributed by atoms with Gasteiger partial charge in [-0.2, -0.15) is 0 Å². The third-order valence-electron chi connectivity index (χ3n) is 2.28. The molecule has 1 aromatic carbocycles. The fourth-order valence-electron chi connectivity index (χ4n) is 1.54. The molecule has 0 aliphatic heterocycles. The molecule has 1 aliphatic rings. The average molecular weight is 282 g/mol. The Bertz CT molecular complexity index is 333. The summed E-state index contributed by atoms with van der Waals surface area (Å²) in [4.78, 5) is 0. The van der Waals surface area contributed by atoms with E-state index in [4.69, 9.17) is 0 Å². The van der Waals surface area contributed by atoms with E-state index >= 15 is 0 Å². The van der Waals surface area contributed by atoms with E-state index in [1.54, 1.807) is 0 Å². The summed E-state index contributed by atoms with van der Waals surface area (Å²) in [5, 5.41) is 0. The van der Waals surface area contributed by atoms with E-state index in [9.17, 15) is 0 Å². The molecule has 0 N–H and O–H groups in total. The summed E-state index contributed by atoms with van der Waals surface area (Å²) in [6, 6.07) is 8.77. The number of allylic oxidation sites excluding steroid dienone is 4. The minimum Gasteiger partial charge on any atom is -0.0836 e. The zero-order valence-corrected chi connectivity index (χ0v) is 9.44. The van der Waals surface area contributed by atoms with Gasteiger partial charge in [-0.25, -0.2) is 0 Å². The third kappa shape index (κ3) is 2.21. The maximum atomic E-state index is 2.34. The van der Waals surface area contributed by atoms with Crippen molar-refractivity contribution in [2.45, 2.75) is 12.3 Å². The van der Waals surface area contributed by atoms with Gasteiger partial charge in [-0.15, -0.1) is 0 Å². The van der Waals surface area contributed by atoms with Crippen LogP contribution in [0.5, 0.6) is 0 Å². The Hall–Kier alpha value is -0.570. The SMILES string of the molecule is Ic1ccc([C@H]2C=CC=CC2)cc1. The summed E-state index contributed by atoms with van der Waals surface area (Å²) in [7, 11) is 0. The minimum absolute atomic E-state index is 0.585. The number of rotatable bonds is 1. The topological polar surface area (TPSA) is 0 Å². The van der Waals surface area contributed by atoms with Gasteiger partial charge in [-0.1, -0.05) is 36.4 Å². The number of benzene rings is 1. The Morgan fingerprint density at radius 3 is 2.46 bits per heavy atom. The second-order valence-corrected chi connectivity index (χ2v) is 4.45. The fraction of sp³-hybridized carbons (Fsp3) is 0.167. The van der Waals surface area contributed by atoms with Crippen molar-refractivity contribution in [3.8, 4) is 0 Å². The van der Waals surface area contributed by atoms with Gasteiger partial charge in [0.1, 0.15) is 0 Å². The lowest BCUT2D eigenvalue weighted by Crippen LogP contribution is -1.95. The maximum Gasteiger partial charge on any atom is 0.0130 e. The Labute approximate surface area is 92.5 Å². The third-order valence-corrected chi connectivity index (χ3v) is 3.00. The molecule has 0 spiro atoms. The smallest absolute Gasteiger partial charge is 0.0130 e. The van der Waals surface area contributed by atoms with Crippen LogP contribution in [0.15, 0.2) is 48.6 Å². The van der Waals surface area contributed by atoms with Crippen LogP contribution >= 0.6 is 22.6 Å². The van der Waals surface area contributed by atoms with Gasteiger partial charge in [-0.05, 0) is 46.7 Å². The van der Waals surface area contributed by atoms with Gasteiger partial charge in [0.05, 0.1) is 0 Å². The van der Waals surface area contributed by atoms with E-state index in [1.165, 1.54) is 9.13 Å². The Morgan fingerprint density at radius 2 is 1.85 bits per heavy atom. The monoisotopic (exact) mass is 282 g/mol. The Balaban J connectivity index is 2.21. The van der Waals surface area contributed by atoms with Crippen LogP contribution in [-0.4, -0.2) is 0 Å². The zero-order valence-electron chi connectivity index (χ0n) is 7.28. The second kappa shape index (κ2) is 4.09. The summed E-state index contributed by atoms with van der Waals surface area (Å²) in [6.45, 7) is 0. The first kappa shape index (κ1) is 9.00. The lowest BCUT2D eigenvalue weighted by Gasteiger charge is -2.12.